The molecule has 0 aliphatic rings. The van der Waals surface area contributed by atoms with E-state index in [0.29, 0.717) is 0 Å². The van der Waals surface area contributed by atoms with Gasteiger partial charge >= 0.3 is 12.2 Å². The number of hydrogen-bond donors (Lipinski definition) is 1. The van der Waals surface area contributed by atoms with Crippen molar-refractivity contribution in [3.8, 4) is 11.3 Å². The van der Waals surface area contributed by atoms with Gasteiger partial charge in [-0.3, -0.25) is 9.88 Å². The number of nitrogens with one attached hydrogen (secondary N) is 1. The van der Waals surface area contributed by atoms with E-state index in [4.69, 9.17) is 0 Å². The molecule has 2 rings (SSSR count). The predicted molar refractivity (Wildman–Crippen MR) is 75.3 cm³/mol. The van der Waals surface area contributed by atoms with E-state index in [-0.39, 0.29) is 11.3 Å². The summed E-state index contributed by atoms with van der Waals surface area (Å²) in [5, 5.41) is 2.23. The van der Waals surface area contributed by atoms with Crippen LogP contribution in [0.5, 0.6) is 0 Å². The number of urea groups is 1. The zero-order valence-corrected chi connectivity index (χ0v) is 12.1. The van der Waals surface area contributed by atoms with Crippen LogP contribution in [0.1, 0.15) is 5.69 Å². The fourth-order valence-electron chi connectivity index (χ4n) is 1.92. The fourth-order valence-corrected chi connectivity index (χ4v) is 1.92. The highest BCUT2D eigenvalue weighted by molar-refractivity contribution is 5.92. The summed E-state index contributed by atoms with van der Waals surface area (Å²) in [4.78, 5) is 19.5. The average molecular weight is 328 g/mol. The van der Waals surface area contributed by atoms with Gasteiger partial charge in [0.1, 0.15) is 5.82 Å². The molecule has 9 heteroatoms. The first kappa shape index (κ1) is 16.7. The SMILES string of the molecule is CNC(=O)N(C)c1ccc(-c2cncc(F)c2)nc1C(F)(F)F. The second-order valence-electron chi connectivity index (χ2n) is 4.57. The quantitative estimate of drug-likeness (QED) is 0.862. The summed E-state index contributed by atoms with van der Waals surface area (Å²) >= 11 is 0. The summed E-state index contributed by atoms with van der Waals surface area (Å²) in [7, 11) is 2.49. The minimum absolute atomic E-state index is 0.0987. The Morgan fingerprint density at radius 1 is 1.26 bits per heavy atom. The second kappa shape index (κ2) is 6.19. The number of hydrogen-bond acceptors (Lipinski definition) is 3. The molecule has 0 fully saturated rings. The summed E-state index contributed by atoms with van der Waals surface area (Å²) < 4.78 is 52.9. The van der Waals surface area contributed by atoms with Crippen LogP contribution in [0.2, 0.25) is 0 Å². The Balaban J connectivity index is 2.57. The molecular weight excluding hydrogens is 316 g/mol. The molecule has 2 aromatic heterocycles. The van der Waals surface area contributed by atoms with Crippen LogP contribution >= 0.6 is 0 Å². The average Bonchev–Trinajstić information content (AvgIpc) is 2.52. The Morgan fingerprint density at radius 2 is 1.96 bits per heavy atom. The number of anilines is 1. The number of pyridine rings is 2. The van der Waals surface area contributed by atoms with Crippen LogP contribution in [0.3, 0.4) is 0 Å². The van der Waals surface area contributed by atoms with Crippen molar-refractivity contribution >= 4 is 11.7 Å². The third-order valence-corrected chi connectivity index (χ3v) is 3.02. The van der Waals surface area contributed by atoms with Crippen LogP contribution < -0.4 is 10.2 Å². The van der Waals surface area contributed by atoms with E-state index in [0.717, 1.165) is 23.2 Å². The van der Waals surface area contributed by atoms with Gasteiger partial charge in [-0.25, -0.2) is 14.2 Å². The minimum atomic E-state index is -4.78. The molecule has 0 saturated carbocycles. The maximum absolute atomic E-state index is 13.2. The molecule has 0 radical (unpaired) electrons. The Labute approximate surface area is 129 Å². The van der Waals surface area contributed by atoms with Gasteiger partial charge in [0, 0.05) is 25.9 Å². The smallest absolute Gasteiger partial charge is 0.341 e. The first-order valence-electron chi connectivity index (χ1n) is 6.38. The standard InChI is InChI=1S/C14H12F4N4O/c1-19-13(23)22(2)11-4-3-10(21-12(11)14(16,17)18)8-5-9(15)7-20-6-8/h3-7H,1-2H3,(H,19,23). The Hall–Kier alpha value is -2.71. The van der Waals surface area contributed by atoms with Crippen molar-refractivity contribution < 1.29 is 22.4 Å². The molecular formula is C14H12F4N4O. The van der Waals surface area contributed by atoms with E-state index in [1.165, 1.54) is 26.4 Å². The lowest BCUT2D eigenvalue weighted by Crippen LogP contribution is -2.36. The molecule has 0 aromatic carbocycles. The van der Waals surface area contributed by atoms with Gasteiger partial charge in [-0.05, 0) is 18.2 Å². The molecule has 0 aliphatic heterocycles. The number of amides is 2. The monoisotopic (exact) mass is 328 g/mol. The highest BCUT2D eigenvalue weighted by Gasteiger charge is 2.37. The van der Waals surface area contributed by atoms with Gasteiger partial charge in [0.25, 0.3) is 0 Å². The van der Waals surface area contributed by atoms with Gasteiger partial charge in [-0.1, -0.05) is 0 Å². The summed E-state index contributed by atoms with van der Waals surface area (Å²) in [6, 6.07) is 2.67. The fraction of sp³-hybridized carbons (Fsp3) is 0.214. The maximum Gasteiger partial charge on any atom is 0.435 e. The molecule has 0 spiro atoms. The first-order valence-corrected chi connectivity index (χ1v) is 6.38. The zero-order valence-electron chi connectivity index (χ0n) is 12.1. The van der Waals surface area contributed by atoms with E-state index < -0.39 is 29.4 Å². The Bertz CT molecular complexity index is 733. The molecule has 1 N–H and O–H groups in total. The van der Waals surface area contributed by atoms with Gasteiger partial charge < -0.3 is 5.32 Å². The van der Waals surface area contributed by atoms with Gasteiger partial charge in [-0.2, -0.15) is 13.2 Å². The van der Waals surface area contributed by atoms with Gasteiger partial charge in [0.05, 0.1) is 17.6 Å². The van der Waals surface area contributed by atoms with Crippen LogP contribution in [0.15, 0.2) is 30.6 Å². The summed E-state index contributed by atoms with van der Waals surface area (Å²) in [6.45, 7) is 0. The van der Waals surface area contributed by atoms with Crippen molar-refractivity contribution in [3.05, 3.63) is 42.1 Å². The normalized spacial score (nSPS) is 11.2. The highest BCUT2D eigenvalue weighted by Crippen LogP contribution is 2.36. The van der Waals surface area contributed by atoms with E-state index in [2.05, 4.69) is 15.3 Å². The molecule has 0 saturated heterocycles. The lowest BCUT2D eigenvalue weighted by Gasteiger charge is -2.21. The molecule has 5 nitrogen and oxygen atoms in total. The van der Waals surface area contributed by atoms with Gasteiger partial charge in [0.15, 0.2) is 5.69 Å². The lowest BCUT2D eigenvalue weighted by atomic mass is 10.1. The highest BCUT2D eigenvalue weighted by atomic mass is 19.4. The number of nitrogens with zero attached hydrogens (tertiary/aromatic N) is 3. The zero-order chi connectivity index (χ0) is 17.2. The van der Waals surface area contributed by atoms with Crippen molar-refractivity contribution in [3.63, 3.8) is 0 Å². The van der Waals surface area contributed by atoms with Crippen molar-refractivity contribution in [1.29, 1.82) is 0 Å². The molecule has 0 atom stereocenters. The number of carbonyl (C=O) groups is 1. The topological polar surface area (TPSA) is 58.1 Å². The second-order valence-corrected chi connectivity index (χ2v) is 4.57. The van der Waals surface area contributed by atoms with Crippen molar-refractivity contribution in [1.82, 2.24) is 15.3 Å². The van der Waals surface area contributed by atoms with E-state index in [9.17, 15) is 22.4 Å². The van der Waals surface area contributed by atoms with Crippen LogP contribution in [0, 0.1) is 5.82 Å². The lowest BCUT2D eigenvalue weighted by molar-refractivity contribution is -0.140. The van der Waals surface area contributed by atoms with Gasteiger partial charge in [0.2, 0.25) is 0 Å². The minimum Gasteiger partial charge on any atom is -0.341 e. The Morgan fingerprint density at radius 3 is 2.52 bits per heavy atom. The molecule has 2 amide bonds. The molecule has 2 aromatic rings. The molecule has 2 heterocycles. The molecule has 23 heavy (non-hydrogen) atoms. The largest absolute Gasteiger partial charge is 0.435 e. The summed E-state index contributed by atoms with van der Waals surface area (Å²) in [5.74, 6) is -0.690. The molecule has 0 aliphatic carbocycles. The van der Waals surface area contributed by atoms with E-state index in [1.807, 2.05) is 0 Å². The maximum atomic E-state index is 13.2. The summed E-state index contributed by atoms with van der Waals surface area (Å²) in [5.41, 5.74) is -1.65. The predicted octanol–water partition coefficient (Wildman–Crippen LogP) is 3.08. The third-order valence-electron chi connectivity index (χ3n) is 3.02. The van der Waals surface area contributed by atoms with Crippen LogP contribution in [-0.2, 0) is 6.18 Å². The Kier molecular flexibility index (Phi) is 4.48. The molecule has 0 bridgehead atoms. The molecule has 122 valence electrons. The molecule has 0 unspecified atom stereocenters. The number of rotatable bonds is 2. The number of alkyl halides is 3. The number of halogens is 4. The summed E-state index contributed by atoms with van der Waals surface area (Å²) in [6.07, 6.45) is -2.65. The number of aromatic nitrogens is 2. The van der Waals surface area contributed by atoms with E-state index >= 15 is 0 Å². The number of carbonyl (C=O) groups excluding carboxylic acids is 1. The van der Waals surface area contributed by atoms with Crippen LogP contribution in [0.25, 0.3) is 11.3 Å². The first-order chi connectivity index (χ1) is 10.7. The van der Waals surface area contributed by atoms with Crippen LogP contribution in [0.4, 0.5) is 28.0 Å². The van der Waals surface area contributed by atoms with Crippen LogP contribution in [-0.4, -0.2) is 30.1 Å². The van der Waals surface area contributed by atoms with E-state index in [1.54, 1.807) is 0 Å². The van der Waals surface area contributed by atoms with Crippen molar-refractivity contribution in [2.24, 2.45) is 0 Å². The third kappa shape index (κ3) is 3.55. The van der Waals surface area contributed by atoms with Crippen molar-refractivity contribution in [2.75, 3.05) is 19.0 Å². The van der Waals surface area contributed by atoms with Crippen molar-refractivity contribution in [2.45, 2.75) is 6.18 Å². The van der Waals surface area contributed by atoms with Gasteiger partial charge in [-0.15, -0.1) is 0 Å².